The Hall–Kier alpha value is -2.46. The van der Waals surface area contributed by atoms with E-state index in [0.717, 1.165) is 11.8 Å². The van der Waals surface area contributed by atoms with Crippen LogP contribution in [-0.2, 0) is 42.9 Å². The van der Waals surface area contributed by atoms with Crippen LogP contribution in [0.4, 0.5) is 0 Å². The second-order valence-corrected chi connectivity index (χ2v) is 12.6. The van der Waals surface area contributed by atoms with Crippen LogP contribution in [0, 0.1) is 5.41 Å². The minimum absolute atomic E-state index is 0.00968. The van der Waals surface area contributed by atoms with Gasteiger partial charge in [-0.15, -0.1) is 11.8 Å². The monoisotopic (exact) mass is 741 g/mol. The van der Waals surface area contributed by atoms with Gasteiger partial charge < -0.3 is 66.4 Å². The van der Waals surface area contributed by atoms with E-state index in [-0.39, 0.29) is 56.0 Å². The van der Waals surface area contributed by atoms with Gasteiger partial charge in [0, 0.05) is 30.9 Å². The van der Waals surface area contributed by atoms with Crippen LogP contribution in [0.5, 0.6) is 0 Å². The molecule has 0 saturated heterocycles. The zero-order chi connectivity index (χ0) is 37.8. The van der Waals surface area contributed by atoms with Crippen LogP contribution in [0.2, 0.25) is 0 Å². The van der Waals surface area contributed by atoms with Crippen molar-refractivity contribution < 1.29 is 63.3 Å². The number of carboxylic acid groups (broad SMARTS) is 1. The number of carbonyl (C=O) groups excluding carboxylic acids is 4. The number of nitrogens with two attached hydrogens (primary N) is 1. The van der Waals surface area contributed by atoms with Crippen molar-refractivity contribution >= 4 is 41.2 Å². The summed E-state index contributed by atoms with van der Waals surface area (Å²) < 4.78 is 21.5. The summed E-state index contributed by atoms with van der Waals surface area (Å²) in [6.45, 7) is 5.23. The quantitative estimate of drug-likeness (QED) is 0.0245. The molecule has 0 heterocycles. The SMILES string of the molecule is CCC(C)(CCOCCOCC(=O)N[C@@H](CCCCNC(=O)CSC[C@H](NC)C(=O)N[C@@H](CO)C(=O)O)C(O)O)C(=O)COCCOCCN. The molecule has 19 heteroatoms. The number of rotatable bonds is 33. The van der Waals surface area contributed by atoms with Gasteiger partial charge in [-0.2, -0.15) is 0 Å². The van der Waals surface area contributed by atoms with Gasteiger partial charge in [-0.3, -0.25) is 19.2 Å². The molecule has 0 saturated carbocycles. The molecular formula is C31H59N5O13S. The molecule has 0 bridgehead atoms. The minimum Gasteiger partial charge on any atom is -0.480 e. The number of carbonyl (C=O) groups is 5. The van der Waals surface area contributed by atoms with Gasteiger partial charge in [-0.05, 0) is 39.2 Å². The molecule has 0 spiro atoms. The van der Waals surface area contributed by atoms with Gasteiger partial charge in [-0.25, -0.2) is 4.79 Å². The molecule has 0 aromatic heterocycles. The average Bonchev–Trinajstić information content (AvgIpc) is 3.08. The number of nitrogens with one attached hydrogen (secondary N) is 4. The Morgan fingerprint density at radius 3 is 2.08 bits per heavy atom. The van der Waals surface area contributed by atoms with E-state index in [1.807, 2.05) is 13.8 Å². The Morgan fingerprint density at radius 1 is 0.860 bits per heavy atom. The molecule has 0 aliphatic rings. The van der Waals surface area contributed by atoms with Crippen LogP contribution in [-0.4, -0.2) is 165 Å². The van der Waals surface area contributed by atoms with Gasteiger partial charge in [0.1, 0.15) is 19.3 Å². The van der Waals surface area contributed by atoms with Crippen LogP contribution in [0.3, 0.4) is 0 Å². The molecule has 0 aliphatic heterocycles. The molecule has 0 aliphatic carbocycles. The molecular weight excluding hydrogens is 682 g/mol. The van der Waals surface area contributed by atoms with E-state index in [9.17, 15) is 34.2 Å². The number of thioether (sulfide) groups is 1. The Balaban J connectivity index is 4.17. The number of hydrogen-bond donors (Lipinski definition) is 9. The molecule has 0 radical (unpaired) electrons. The first-order chi connectivity index (χ1) is 23.8. The Morgan fingerprint density at radius 2 is 1.50 bits per heavy atom. The molecule has 1 unspecified atom stereocenters. The normalized spacial score (nSPS) is 14.4. The van der Waals surface area contributed by atoms with Crippen molar-refractivity contribution in [1.82, 2.24) is 21.3 Å². The highest BCUT2D eigenvalue weighted by molar-refractivity contribution is 8.00. The number of hydrogen-bond acceptors (Lipinski definition) is 15. The van der Waals surface area contributed by atoms with Gasteiger partial charge in [0.25, 0.3) is 0 Å². The summed E-state index contributed by atoms with van der Waals surface area (Å²) in [7, 11) is 1.52. The third-order valence-electron chi connectivity index (χ3n) is 7.67. The first-order valence-electron chi connectivity index (χ1n) is 16.7. The molecule has 0 rings (SSSR count). The lowest BCUT2D eigenvalue weighted by Crippen LogP contribution is -2.51. The number of aliphatic hydroxyl groups excluding tert-OH is 2. The van der Waals surface area contributed by atoms with Crippen LogP contribution in [0.25, 0.3) is 0 Å². The van der Waals surface area contributed by atoms with E-state index in [1.165, 1.54) is 7.05 Å². The van der Waals surface area contributed by atoms with Gasteiger partial charge in [0.2, 0.25) is 17.7 Å². The molecule has 10 N–H and O–H groups in total. The minimum atomic E-state index is -1.79. The van der Waals surface area contributed by atoms with Crippen molar-refractivity contribution in [2.75, 3.05) is 91.1 Å². The highest BCUT2D eigenvalue weighted by Gasteiger charge is 2.30. The summed E-state index contributed by atoms with van der Waals surface area (Å²) >= 11 is 1.16. The topological polar surface area (TPSA) is 277 Å². The zero-order valence-electron chi connectivity index (χ0n) is 29.5. The Labute approximate surface area is 298 Å². The molecule has 0 aromatic carbocycles. The number of likely N-dealkylation sites (N-methyl/N-ethyl adjacent to an activating group) is 1. The number of Topliss-reactive ketones (excluding diaryl/α,β-unsaturated/α-hetero) is 1. The maximum absolute atomic E-state index is 12.6. The van der Waals surface area contributed by atoms with Crippen molar-refractivity contribution in [3.8, 4) is 0 Å². The number of ether oxygens (including phenoxy) is 4. The van der Waals surface area contributed by atoms with Crippen molar-refractivity contribution in [3.63, 3.8) is 0 Å². The van der Waals surface area contributed by atoms with E-state index in [0.29, 0.717) is 65.2 Å². The van der Waals surface area contributed by atoms with Crippen LogP contribution >= 0.6 is 11.8 Å². The second-order valence-electron chi connectivity index (χ2n) is 11.6. The van der Waals surface area contributed by atoms with E-state index in [4.69, 9.17) is 34.9 Å². The fourth-order valence-electron chi connectivity index (χ4n) is 4.17. The number of amides is 3. The molecule has 4 atom stereocenters. The van der Waals surface area contributed by atoms with E-state index in [1.54, 1.807) is 0 Å². The zero-order valence-corrected chi connectivity index (χ0v) is 30.3. The summed E-state index contributed by atoms with van der Waals surface area (Å²) in [5, 5.41) is 47.5. The highest BCUT2D eigenvalue weighted by Crippen LogP contribution is 2.27. The van der Waals surface area contributed by atoms with Crippen molar-refractivity contribution in [3.05, 3.63) is 0 Å². The first kappa shape index (κ1) is 47.5. The Bertz CT molecular complexity index is 981. The van der Waals surface area contributed by atoms with Crippen molar-refractivity contribution in [2.24, 2.45) is 11.1 Å². The van der Waals surface area contributed by atoms with Gasteiger partial charge in [0.05, 0.1) is 57.5 Å². The molecule has 50 heavy (non-hydrogen) atoms. The average molecular weight is 742 g/mol. The molecule has 3 amide bonds. The molecule has 0 fully saturated rings. The third-order valence-corrected chi connectivity index (χ3v) is 8.71. The summed E-state index contributed by atoms with van der Waals surface area (Å²) in [6, 6.07) is -3.13. The number of unbranched alkanes of at least 4 members (excludes halogenated alkanes) is 1. The highest BCUT2D eigenvalue weighted by atomic mass is 32.2. The maximum Gasteiger partial charge on any atom is 0.328 e. The fourth-order valence-corrected chi connectivity index (χ4v) is 5.13. The first-order valence-corrected chi connectivity index (χ1v) is 17.9. The summed E-state index contributed by atoms with van der Waals surface area (Å²) in [5.41, 5.74) is 4.76. The summed E-state index contributed by atoms with van der Waals surface area (Å²) in [4.78, 5) is 60.2. The van der Waals surface area contributed by atoms with Crippen LogP contribution in [0.1, 0.15) is 46.0 Å². The standard InChI is InChI=1S/C31H59N5O13S/c1-4-31(2,25(38)18-48-15-14-47-12-9-32)8-11-46-13-16-49-19-26(39)35-22(29(42)43)7-5-6-10-34-27(40)21-50-20-24(33-3)28(41)36-23(17-37)30(44)45/h22-24,29,33,37,42-43H,4-21,32H2,1-3H3,(H,34,40)(H,35,39)(H,36,41)(H,44,45)/t22-,23-,24-,31?/m0/s1. The third kappa shape index (κ3) is 22.4. The van der Waals surface area contributed by atoms with E-state index >= 15 is 0 Å². The largest absolute Gasteiger partial charge is 0.480 e. The molecule has 0 aromatic rings. The lowest BCUT2D eigenvalue weighted by molar-refractivity contribution is -0.143. The maximum atomic E-state index is 12.6. The smallest absolute Gasteiger partial charge is 0.328 e. The number of aliphatic hydroxyl groups is 3. The number of aliphatic carboxylic acids is 1. The van der Waals surface area contributed by atoms with Crippen molar-refractivity contribution in [2.45, 2.75) is 70.4 Å². The van der Waals surface area contributed by atoms with Crippen molar-refractivity contribution in [1.29, 1.82) is 0 Å². The van der Waals surface area contributed by atoms with Gasteiger partial charge in [0.15, 0.2) is 12.1 Å². The predicted octanol–water partition coefficient (Wildman–Crippen LogP) is -2.65. The lowest BCUT2D eigenvalue weighted by Gasteiger charge is -2.26. The predicted molar refractivity (Wildman–Crippen MR) is 184 cm³/mol. The Kier molecular flexibility index (Phi) is 27.7. The second kappa shape index (κ2) is 29.2. The number of ketones is 1. The van der Waals surface area contributed by atoms with E-state index < -0.39 is 54.2 Å². The van der Waals surface area contributed by atoms with E-state index in [2.05, 4.69) is 21.3 Å². The van der Waals surface area contributed by atoms with Crippen LogP contribution in [0.15, 0.2) is 0 Å². The summed E-state index contributed by atoms with van der Waals surface area (Å²) in [6.07, 6.45) is 0.538. The number of carboxylic acids is 1. The fraction of sp³-hybridized carbons (Fsp3) is 0.839. The molecule has 18 nitrogen and oxygen atoms in total. The summed E-state index contributed by atoms with van der Waals surface area (Å²) in [5.74, 6) is -2.58. The van der Waals surface area contributed by atoms with Gasteiger partial charge in [-0.1, -0.05) is 13.8 Å². The van der Waals surface area contributed by atoms with Gasteiger partial charge >= 0.3 is 5.97 Å². The lowest BCUT2D eigenvalue weighted by atomic mass is 9.80. The van der Waals surface area contributed by atoms with Crippen LogP contribution < -0.4 is 27.0 Å². The molecule has 292 valence electrons.